The Labute approximate surface area is 151 Å². The van der Waals surface area contributed by atoms with Gasteiger partial charge in [0, 0.05) is 22.2 Å². The molecule has 0 aliphatic carbocycles. The normalized spacial score (nSPS) is 12.2. The highest BCUT2D eigenvalue weighted by Crippen LogP contribution is 2.25. The maximum absolute atomic E-state index is 13.8. The number of hydrogen-bond acceptors (Lipinski definition) is 2. The maximum atomic E-state index is 13.8. The van der Waals surface area contributed by atoms with Gasteiger partial charge in [-0.15, -0.1) is 0 Å². The van der Waals surface area contributed by atoms with Crippen molar-refractivity contribution in [3.8, 4) is 0 Å². The summed E-state index contributed by atoms with van der Waals surface area (Å²) in [5, 5.41) is 3.72. The second-order valence-electron chi connectivity index (χ2n) is 5.68. The van der Waals surface area contributed by atoms with Gasteiger partial charge in [-0.2, -0.15) is 0 Å². The molecule has 0 bridgehead atoms. The monoisotopic (exact) mass is 368 g/mol. The van der Waals surface area contributed by atoms with Crippen LogP contribution < -0.4 is 5.32 Å². The first-order chi connectivity index (χ1) is 11.4. The Morgan fingerprint density at radius 1 is 1.12 bits per heavy atom. The minimum Gasteiger partial charge on any atom is -0.354 e. The number of likely N-dealkylation sites (N-methyl/N-ethyl adjacent to an activating group) is 1. The van der Waals surface area contributed by atoms with Crippen molar-refractivity contribution in [2.24, 2.45) is 0 Å². The summed E-state index contributed by atoms with van der Waals surface area (Å²) in [7, 11) is 3.82. The van der Waals surface area contributed by atoms with Gasteiger partial charge in [0.25, 0.3) is 0 Å². The molecule has 0 aromatic heterocycles. The van der Waals surface area contributed by atoms with Gasteiger partial charge in [0.1, 0.15) is 5.82 Å². The number of nitrogens with one attached hydrogen (secondary N) is 1. The van der Waals surface area contributed by atoms with Crippen molar-refractivity contribution in [1.29, 1.82) is 0 Å². The van der Waals surface area contributed by atoms with Crippen LogP contribution in [0.5, 0.6) is 0 Å². The summed E-state index contributed by atoms with van der Waals surface area (Å²) in [6, 6.07) is 11.8. The van der Waals surface area contributed by atoms with Gasteiger partial charge < -0.3 is 10.2 Å². The molecular formula is C18H19Cl2FN2O. The molecule has 2 rings (SSSR count). The van der Waals surface area contributed by atoms with E-state index in [-0.39, 0.29) is 29.0 Å². The largest absolute Gasteiger partial charge is 0.354 e. The van der Waals surface area contributed by atoms with Crippen LogP contribution in [0.3, 0.4) is 0 Å². The van der Waals surface area contributed by atoms with Crippen LogP contribution in [-0.4, -0.2) is 31.4 Å². The first-order valence-corrected chi connectivity index (χ1v) is 8.26. The first-order valence-electron chi connectivity index (χ1n) is 7.50. The molecule has 6 heteroatoms. The minimum absolute atomic E-state index is 0.0845. The second kappa shape index (κ2) is 8.47. The summed E-state index contributed by atoms with van der Waals surface area (Å²) in [5.74, 6) is -0.770. The van der Waals surface area contributed by atoms with Gasteiger partial charge in [-0.05, 0) is 37.9 Å². The molecule has 24 heavy (non-hydrogen) atoms. The summed E-state index contributed by atoms with van der Waals surface area (Å²) >= 11 is 12.2. The highest BCUT2D eigenvalue weighted by molar-refractivity contribution is 6.31. The average molecular weight is 369 g/mol. The Morgan fingerprint density at radius 2 is 1.79 bits per heavy atom. The quantitative estimate of drug-likeness (QED) is 0.832. The molecule has 2 aromatic rings. The lowest BCUT2D eigenvalue weighted by atomic mass is 10.1. The third-order valence-corrected chi connectivity index (χ3v) is 4.48. The summed E-state index contributed by atoms with van der Waals surface area (Å²) in [6.45, 7) is 0.363. The fourth-order valence-electron chi connectivity index (χ4n) is 2.45. The van der Waals surface area contributed by atoms with Crippen LogP contribution >= 0.6 is 23.2 Å². The molecule has 0 fully saturated rings. The van der Waals surface area contributed by atoms with Crippen molar-refractivity contribution in [3.05, 3.63) is 69.5 Å². The molecule has 0 radical (unpaired) electrons. The predicted molar refractivity (Wildman–Crippen MR) is 96.0 cm³/mol. The van der Waals surface area contributed by atoms with Crippen LogP contribution in [0.15, 0.2) is 42.5 Å². The molecule has 0 saturated carbocycles. The van der Waals surface area contributed by atoms with E-state index in [9.17, 15) is 9.18 Å². The lowest BCUT2D eigenvalue weighted by Gasteiger charge is -2.26. The minimum atomic E-state index is -0.479. The Hall–Kier alpha value is -1.62. The van der Waals surface area contributed by atoms with E-state index < -0.39 is 5.82 Å². The Bertz CT molecular complexity index is 702. The predicted octanol–water partition coefficient (Wildman–Crippen LogP) is 4.09. The van der Waals surface area contributed by atoms with Crippen LogP contribution in [0.4, 0.5) is 4.39 Å². The summed E-state index contributed by atoms with van der Waals surface area (Å²) < 4.78 is 13.8. The number of benzene rings is 2. The third kappa shape index (κ3) is 4.69. The average Bonchev–Trinajstić information content (AvgIpc) is 2.52. The van der Waals surface area contributed by atoms with Crippen molar-refractivity contribution >= 4 is 29.1 Å². The third-order valence-electron chi connectivity index (χ3n) is 3.78. The highest BCUT2D eigenvalue weighted by atomic mass is 35.5. The number of carbonyl (C=O) groups is 1. The van der Waals surface area contributed by atoms with E-state index >= 15 is 0 Å². The zero-order valence-electron chi connectivity index (χ0n) is 13.5. The van der Waals surface area contributed by atoms with Crippen molar-refractivity contribution < 1.29 is 9.18 Å². The van der Waals surface area contributed by atoms with E-state index in [0.29, 0.717) is 11.6 Å². The van der Waals surface area contributed by atoms with Crippen LogP contribution in [-0.2, 0) is 11.2 Å². The molecule has 1 N–H and O–H groups in total. The molecule has 2 aromatic carbocycles. The van der Waals surface area contributed by atoms with Gasteiger partial charge in [0.15, 0.2) is 0 Å². The maximum Gasteiger partial charge on any atom is 0.224 e. The van der Waals surface area contributed by atoms with Gasteiger partial charge in [0.05, 0.1) is 12.5 Å². The number of carbonyl (C=O) groups excluding carboxylic acids is 1. The van der Waals surface area contributed by atoms with Crippen molar-refractivity contribution in [2.75, 3.05) is 20.6 Å². The van der Waals surface area contributed by atoms with Crippen molar-refractivity contribution in [1.82, 2.24) is 10.2 Å². The van der Waals surface area contributed by atoms with E-state index in [4.69, 9.17) is 23.2 Å². The Kier molecular flexibility index (Phi) is 6.60. The zero-order chi connectivity index (χ0) is 17.7. The fraction of sp³-hybridized carbons (Fsp3) is 0.278. The Balaban J connectivity index is 2.05. The van der Waals surface area contributed by atoms with E-state index in [0.717, 1.165) is 5.56 Å². The molecule has 0 aliphatic rings. The van der Waals surface area contributed by atoms with E-state index in [2.05, 4.69) is 5.32 Å². The number of hydrogen-bond donors (Lipinski definition) is 1. The SMILES string of the molecule is CN(C)C(CNC(=O)Cc1c(F)cccc1Cl)c1ccccc1Cl. The number of amides is 1. The van der Waals surface area contributed by atoms with Gasteiger partial charge in [-0.3, -0.25) is 4.79 Å². The van der Waals surface area contributed by atoms with Crippen LogP contribution in [0.2, 0.25) is 10.0 Å². The van der Waals surface area contributed by atoms with E-state index in [1.807, 2.05) is 43.3 Å². The number of nitrogens with zero attached hydrogens (tertiary/aromatic N) is 1. The second-order valence-corrected chi connectivity index (χ2v) is 6.50. The molecule has 3 nitrogen and oxygen atoms in total. The molecule has 0 aliphatic heterocycles. The molecule has 1 amide bonds. The summed E-state index contributed by atoms with van der Waals surface area (Å²) in [6.07, 6.45) is -0.103. The van der Waals surface area contributed by atoms with E-state index in [1.165, 1.54) is 12.1 Å². The van der Waals surface area contributed by atoms with Crippen LogP contribution in [0, 0.1) is 5.82 Å². The molecule has 1 unspecified atom stereocenters. The van der Waals surface area contributed by atoms with Crippen molar-refractivity contribution in [2.45, 2.75) is 12.5 Å². The molecular weight excluding hydrogens is 350 g/mol. The molecule has 0 saturated heterocycles. The smallest absolute Gasteiger partial charge is 0.224 e. The van der Waals surface area contributed by atoms with Gasteiger partial charge >= 0.3 is 0 Å². The van der Waals surface area contributed by atoms with Gasteiger partial charge in [0.2, 0.25) is 5.91 Å². The van der Waals surface area contributed by atoms with Crippen LogP contribution in [0.25, 0.3) is 0 Å². The Morgan fingerprint density at radius 3 is 2.42 bits per heavy atom. The van der Waals surface area contributed by atoms with Gasteiger partial charge in [-0.25, -0.2) is 4.39 Å². The van der Waals surface area contributed by atoms with Crippen LogP contribution in [0.1, 0.15) is 17.2 Å². The fourth-order valence-corrected chi connectivity index (χ4v) is 2.94. The number of rotatable bonds is 6. The zero-order valence-corrected chi connectivity index (χ0v) is 15.0. The molecule has 0 heterocycles. The number of halogens is 3. The van der Waals surface area contributed by atoms with E-state index in [1.54, 1.807) is 6.07 Å². The van der Waals surface area contributed by atoms with Gasteiger partial charge in [-0.1, -0.05) is 47.5 Å². The lowest BCUT2D eigenvalue weighted by molar-refractivity contribution is -0.120. The molecule has 0 spiro atoms. The first kappa shape index (κ1) is 18.7. The molecule has 1 atom stereocenters. The van der Waals surface area contributed by atoms with Crippen molar-refractivity contribution in [3.63, 3.8) is 0 Å². The lowest BCUT2D eigenvalue weighted by Crippen LogP contribution is -2.35. The topological polar surface area (TPSA) is 32.3 Å². The summed E-state index contributed by atoms with van der Waals surface area (Å²) in [4.78, 5) is 14.1. The summed E-state index contributed by atoms with van der Waals surface area (Å²) in [5.41, 5.74) is 1.13. The highest BCUT2D eigenvalue weighted by Gasteiger charge is 2.18. The standard InChI is InChI=1S/C18H19Cl2FN2O/c1-23(2)17(12-6-3-4-7-14(12)19)11-22-18(24)10-13-15(20)8-5-9-16(13)21/h3-9,17H,10-11H2,1-2H3,(H,22,24). The molecule has 128 valence electrons.